The average molecular weight is 414 g/mol. The van der Waals surface area contributed by atoms with E-state index in [1.807, 2.05) is 0 Å². The van der Waals surface area contributed by atoms with Crippen LogP contribution >= 0.6 is 0 Å². The second kappa shape index (κ2) is 7.62. The van der Waals surface area contributed by atoms with Gasteiger partial charge in [-0.3, -0.25) is 9.59 Å². The maximum atomic E-state index is 12.8. The van der Waals surface area contributed by atoms with E-state index in [2.05, 4.69) is 0 Å². The van der Waals surface area contributed by atoms with E-state index in [1.54, 1.807) is 13.8 Å². The predicted molar refractivity (Wildman–Crippen MR) is 107 cm³/mol. The van der Waals surface area contributed by atoms with Gasteiger partial charge in [-0.25, -0.2) is 0 Å². The van der Waals surface area contributed by atoms with Crippen LogP contribution in [0.4, 0.5) is 0 Å². The number of hydrogen-bond donors (Lipinski definition) is 6. The molecule has 0 amide bonds. The summed E-state index contributed by atoms with van der Waals surface area (Å²) >= 11 is 0. The number of ketones is 2. The lowest BCUT2D eigenvalue weighted by Gasteiger charge is -2.27. The Morgan fingerprint density at radius 1 is 0.767 bits per heavy atom. The first kappa shape index (κ1) is 21.0. The Morgan fingerprint density at radius 3 is 1.97 bits per heavy atom. The standard InChI is InChI=1S/C22H22O8/c1-3-5-9-11(23)7-13(25)15(19(9)27)17-21(29)18(22(17)30)16-14(26)8-12(24)10(6-4-2)20(16)28/h7-8,23-25,27-29H,3-6H2,1-2H3/b18-16-. The van der Waals surface area contributed by atoms with Crippen LogP contribution < -0.4 is 0 Å². The minimum atomic E-state index is -0.869. The van der Waals surface area contributed by atoms with E-state index < -0.39 is 57.1 Å². The Hall–Kier alpha value is -3.68. The van der Waals surface area contributed by atoms with Crippen molar-refractivity contribution in [2.24, 2.45) is 0 Å². The van der Waals surface area contributed by atoms with Crippen molar-refractivity contribution in [2.45, 2.75) is 39.5 Å². The van der Waals surface area contributed by atoms with Crippen LogP contribution in [0.25, 0.3) is 5.57 Å². The molecule has 0 aromatic heterocycles. The lowest BCUT2D eigenvalue weighted by Crippen LogP contribution is -2.27. The Morgan fingerprint density at radius 2 is 1.40 bits per heavy atom. The fraction of sp³-hybridized carbons (Fsp3) is 0.273. The topological polar surface area (TPSA) is 156 Å². The van der Waals surface area contributed by atoms with Gasteiger partial charge >= 0.3 is 0 Å². The minimum Gasteiger partial charge on any atom is -0.507 e. The van der Waals surface area contributed by atoms with E-state index in [1.165, 1.54) is 0 Å². The van der Waals surface area contributed by atoms with Crippen LogP contribution in [0, 0.1) is 0 Å². The monoisotopic (exact) mass is 414 g/mol. The summed E-state index contributed by atoms with van der Waals surface area (Å²) in [5.74, 6) is -4.93. The zero-order valence-electron chi connectivity index (χ0n) is 16.5. The highest BCUT2D eigenvalue weighted by molar-refractivity contribution is 6.42. The van der Waals surface area contributed by atoms with E-state index in [0.717, 1.165) is 12.1 Å². The van der Waals surface area contributed by atoms with Gasteiger partial charge in [-0.05, 0) is 12.8 Å². The van der Waals surface area contributed by atoms with Gasteiger partial charge in [0.2, 0.25) is 5.78 Å². The van der Waals surface area contributed by atoms with Crippen molar-refractivity contribution in [1.29, 1.82) is 0 Å². The van der Waals surface area contributed by atoms with Crippen LogP contribution in [0.5, 0.6) is 17.2 Å². The molecule has 0 unspecified atom stereocenters. The molecule has 6 N–H and O–H groups in total. The number of carbonyl (C=O) groups excluding carboxylic acids is 2. The normalized spacial score (nSPS) is 19.3. The molecule has 0 spiro atoms. The van der Waals surface area contributed by atoms with Crippen molar-refractivity contribution in [1.82, 2.24) is 0 Å². The van der Waals surface area contributed by atoms with Gasteiger partial charge in [-0.15, -0.1) is 0 Å². The highest BCUT2D eigenvalue weighted by atomic mass is 16.3. The first-order valence-electron chi connectivity index (χ1n) is 9.53. The number of aliphatic hydroxyl groups excluding tert-OH is 3. The Kier molecular flexibility index (Phi) is 5.35. The molecule has 158 valence electrons. The average Bonchev–Trinajstić information content (AvgIpc) is 2.68. The zero-order chi connectivity index (χ0) is 22.3. The molecular formula is C22H22O8. The fourth-order valence-electron chi connectivity index (χ4n) is 3.70. The minimum absolute atomic E-state index is 0.0780. The number of hydrogen-bond acceptors (Lipinski definition) is 8. The molecule has 2 aliphatic rings. The first-order valence-corrected chi connectivity index (χ1v) is 9.53. The summed E-state index contributed by atoms with van der Waals surface area (Å²) in [7, 11) is 0. The van der Waals surface area contributed by atoms with Gasteiger partial charge in [-0.2, -0.15) is 0 Å². The van der Waals surface area contributed by atoms with Crippen molar-refractivity contribution >= 4 is 17.1 Å². The Labute approximate surface area is 172 Å². The number of rotatable bonds is 5. The number of benzene rings is 1. The van der Waals surface area contributed by atoms with E-state index in [9.17, 15) is 40.2 Å². The van der Waals surface area contributed by atoms with Crippen LogP contribution in [-0.2, 0) is 16.0 Å². The summed E-state index contributed by atoms with van der Waals surface area (Å²) in [6, 6.07) is 0.960. The van der Waals surface area contributed by atoms with Crippen molar-refractivity contribution in [3.8, 4) is 17.2 Å². The maximum Gasteiger partial charge on any atom is 0.202 e. The van der Waals surface area contributed by atoms with E-state index in [-0.39, 0.29) is 35.3 Å². The molecule has 30 heavy (non-hydrogen) atoms. The first-order chi connectivity index (χ1) is 14.1. The molecule has 0 radical (unpaired) electrons. The molecule has 0 bridgehead atoms. The molecule has 0 fully saturated rings. The Bertz CT molecular complexity index is 1100. The highest BCUT2D eigenvalue weighted by Gasteiger charge is 2.43. The quantitative estimate of drug-likeness (QED) is 0.400. The largest absolute Gasteiger partial charge is 0.507 e. The van der Waals surface area contributed by atoms with E-state index in [4.69, 9.17) is 0 Å². The Balaban J connectivity index is 2.23. The SMILES string of the molecule is CCCC1=C(O)/C(=C2\C(=O)C(c3c(O)cc(O)c(CCC)c3O)=C2O)C(=O)C=C1O. The van der Waals surface area contributed by atoms with Gasteiger partial charge < -0.3 is 30.6 Å². The summed E-state index contributed by atoms with van der Waals surface area (Å²) in [6.07, 6.45) is 2.46. The molecule has 0 saturated carbocycles. The summed E-state index contributed by atoms with van der Waals surface area (Å²) in [4.78, 5) is 25.2. The summed E-state index contributed by atoms with van der Waals surface area (Å²) in [5.41, 5.74) is -1.52. The second-order valence-electron chi connectivity index (χ2n) is 7.14. The van der Waals surface area contributed by atoms with Gasteiger partial charge in [0.15, 0.2) is 5.78 Å². The van der Waals surface area contributed by atoms with Crippen LogP contribution in [0.15, 0.2) is 46.1 Å². The van der Waals surface area contributed by atoms with Crippen LogP contribution in [0.2, 0.25) is 0 Å². The second-order valence-corrected chi connectivity index (χ2v) is 7.14. The lowest BCUT2D eigenvalue weighted by molar-refractivity contribution is -0.114. The molecular weight excluding hydrogens is 392 g/mol. The third-order valence-electron chi connectivity index (χ3n) is 5.14. The van der Waals surface area contributed by atoms with Crippen LogP contribution in [0.1, 0.15) is 44.2 Å². The molecule has 2 aliphatic carbocycles. The third-order valence-corrected chi connectivity index (χ3v) is 5.14. The molecule has 0 heterocycles. The molecule has 0 saturated heterocycles. The molecule has 1 aromatic rings. The number of carbonyl (C=O) groups is 2. The number of aliphatic hydroxyl groups is 3. The van der Waals surface area contributed by atoms with Crippen molar-refractivity contribution in [3.63, 3.8) is 0 Å². The molecule has 0 aliphatic heterocycles. The number of Topliss-reactive ketones (excluding diaryl/α,β-unsaturated/α-hetero) is 1. The summed E-state index contributed by atoms with van der Waals surface area (Å²) in [6.45, 7) is 3.60. The number of phenolic OH excluding ortho intramolecular Hbond substituents is 3. The van der Waals surface area contributed by atoms with Gasteiger partial charge in [0.1, 0.15) is 34.5 Å². The summed E-state index contributed by atoms with van der Waals surface area (Å²) in [5, 5.41) is 61.6. The predicted octanol–water partition coefficient (Wildman–Crippen LogP) is 3.54. The van der Waals surface area contributed by atoms with Crippen LogP contribution in [-0.4, -0.2) is 42.2 Å². The molecule has 0 atom stereocenters. The van der Waals surface area contributed by atoms with Gasteiger partial charge in [0.05, 0.1) is 22.3 Å². The van der Waals surface area contributed by atoms with Crippen molar-refractivity contribution in [2.75, 3.05) is 0 Å². The molecule has 1 aromatic carbocycles. The molecule has 8 nitrogen and oxygen atoms in total. The lowest BCUT2D eigenvalue weighted by atomic mass is 9.77. The fourth-order valence-corrected chi connectivity index (χ4v) is 3.70. The van der Waals surface area contributed by atoms with Gasteiger partial charge in [-0.1, -0.05) is 26.7 Å². The molecule has 3 rings (SSSR count). The number of aromatic hydroxyl groups is 3. The van der Waals surface area contributed by atoms with Crippen LogP contribution in [0.3, 0.4) is 0 Å². The van der Waals surface area contributed by atoms with Crippen molar-refractivity contribution in [3.05, 3.63) is 57.3 Å². The summed E-state index contributed by atoms with van der Waals surface area (Å²) < 4.78 is 0. The van der Waals surface area contributed by atoms with Crippen molar-refractivity contribution < 1.29 is 40.2 Å². The maximum absolute atomic E-state index is 12.8. The number of allylic oxidation sites excluding steroid dienone is 5. The smallest absolute Gasteiger partial charge is 0.202 e. The van der Waals surface area contributed by atoms with Gasteiger partial charge in [0.25, 0.3) is 0 Å². The highest BCUT2D eigenvalue weighted by Crippen LogP contribution is 2.49. The van der Waals surface area contributed by atoms with Gasteiger partial charge in [0, 0.05) is 23.3 Å². The molecule has 8 heteroatoms. The third kappa shape index (κ3) is 3.01. The van der Waals surface area contributed by atoms with E-state index >= 15 is 0 Å². The number of phenols is 3. The zero-order valence-corrected chi connectivity index (χ0v) is 16.5. The van der Waals surface area contributed by atoms with E-state index in [0.29, 0.717) is 12.8 Å².